The molecule has 0 bridgehead atoms. The van der Waals surface area contributed by atoms with Gasteiger partial charge < -0.3 is 5.32 Å². The third-order valence-electron chi connectivity index (χ3n) is 2.18. The van der Waals surface area contributed by atoms with Crippen LogP contribution in [0.1, 0.15) is 6.92 Å². The number of nitrogens with one attached hydrogen (secondary N) is 1. The Balaban J connectivity index is 2.69. The number of allylic oxidation sites excluding steroid dienone is 5. The average Bonchev–Trinajstić information content (AvgIpc) is 2.08. The highest BCUT2D eigenvalue weighted by Crippen LogP contribution is 2.23. The zero-order chi connectivity index (χ0) is 8.97. The predicted molar refractivity (Wildman–Crippen MR) is 53.4 cm³/mol. The molecule has 1 heteroatoms. The van der Waals surface area contributed by atoms with Gasteiger partial charge in [0.25, 0.3) is 0 Å². The van der Waals surface area contributed by atoms with E-state index >= 15 is 0 Å². The highest BCUT2D eigenvalue weighted by Gasteiger charge is 2.16. The van der Waals surface area contributed by atoms with Crippen molar-refractivity contribution in [2.75, 3.05) is 0 Å². The molecule has 1 aliphatic rings. The maximum absolute atomic E-state index is 3.93. The van der Waals surface area contributed by atoms with Crippen LogP contribution in [0, 0.1) is 11.8 Å². The Hall–Kier alpha value is -1.24. The molecule has 1 rings (SSSR count). The monoisotopic (exact) mass is 161 g/mol. The number of rotatable bonds is 2. The summed E-state index contributed by atoms with van der Waals surface area (Å²) in [6, 6.07) is 0. The van der Waals surface area contributed by atoms with Crippen LogP contribution < -0.4 is 5.32 Å². The molecule has 0 aliphatic carbocycles. The van der Waals surface area contributed by atoms with Gasteiger partial charge in [0.2, 0.25) is 0 Å². The van der Waals surface area contributed by atoms with Gasteiger partial charge in [-0.25, -0.2) is 0 Å². The Kier molecular flexibility index (Phi) is 2.92. The molecular formula is C11H15N. The van der Waals surface area contributed by atoms with Gasteiger partial charge in [-0.1, -0.05) is 44.4 Å². The van der Waals surface area contributed by atoms with E-state index in [1.54, 1.807) is 6.08 Å². The molecule has 0 spiro atoms. The van der Waals surface area contributed by atoms with E-state index in [-0.39, 0.29) is 0 Å². The molecule has 64 valence electrons. The van der Waals surface area contributed by atoms with Crippen molar-refractivity contribution in [3.8, 4) is 0 Å². The van der Waals surface area contributed by atoms with Crippen molar-refractivity contribution in [1.29, 1.82) is 0 Å². The molecule has 1 heterocycles. The van der Waals surface area contributed by atoms with Crippen LogP contribution in [0.4, 0.5) is 0 Å². The van der Waals surface area contributed by atoms with Gasteiger partial charge in [-0.2, -0.15) is 0 Å². The maximum Gasteiger partial charge on any atom is 0.0111 e. The van der Waals surface area contributed by atoms with Crippen molar-refractivity contribution in [1.82, 2.24) is 5.32 Å². The first-order valence-corrected chi connectivity index (χ1v) is 4.17. The second-order valence-corrected chi connectivity index (χ2v) is 3.02. The van der Waals surface area contributed by atoms with Crippen molar-refractivity contribution < 1.29 is 0 Å². The van der Waals surface area contributed by atoms with Gasteiger partial charge in [-0.05, 0) is 6.20 Å². The van der Waals surface area contributed by atoms with Crippen molar-refractivity contribution >= 4 is 0 Å². The molecule has 0 saturated heterocycles. The van der Waals surface area contributed by atoms with E-state index in [2.05, 4.69) is 37.6 Å². The number of hydrogen-bond acceptors (Lipinski definition) is 1. The molecule has 2 atom stereocenters. The molecule has 0 aromatic heterocycles. The summed E-state index contributed by atoms with van der Waals surface area (Å²) in [5.41, 5.74) is 1.08. The lowest BCUT2D eigenvalue weighted by Crippen LogP contribution is -2.22. The second-order valence-electron chi connectivity index (χ2n) is 3.02. The van der Waals surface area contributed by atoms with Crippen LogP contribution in [0.2, 0.25) is 0 Å². The standard InChI is InChI=1S/C11H15N/c1-4-5-6-11-7-8-12-10(3)9(11)2/h4-9,11-12H,1,3H2,2H3/b6-5-. The van der Waals surface area contributed by atoms with E-state index in [4.69, 9.17) is 0 Å². The van der Waals surface area contributed by atoms with Crippen LogP contribution in [0.15, 0.2) is 49.4 Å². The van der Waals surface area contributed by atoms with Crippen LogP contribution in [-0.4, -0.2) is 0 Å². The van der Waals surface area contributed by atoms with Crippen molar-refractivity contribution in [2.24, 2.45) is 11.8 Å². The summed E-state index contributed by atoms with van der Waals surface area (Å²) >= 11 is 0. The summed E-state index contributed by atoms with van der Waals surface area (Å²) in [6.07, 6.45) is 10.00. The molecule has 2 unspecified atom stereocenters. The molecule has 0 saturated carbocycles. The Morgan fingerprint density at radius 2 is 2.33 bits per heavy atom. The van der Waals surface area contributed by atoms with E-state index in [0.717, 1.165) is 5.70 Å². The Bertz CT molecular complexity index is 235. The van der Waals surface area contributed by atoms with Gasteiger partial charge in [0.05, 0.1) is 0 Å². The molecule has 0 radical (unpaired) electrons. The number of hydrogen-bond donors (Lipinski definition) is 1. The van der Waals surface area contributed by atoms with Crippen molar-refractivity contribution in [2.45, 2.75) is 6.92 Å². The minimum absolute atomic E-state index is 0.455. The minimum atomic E-state index is 0.455. The van der Waals surface area contributed by atoms with E-state index in [1.807, 2.05) is 12.3 Å². The Morgan fingerprint density at radius 1 is 1.58 bits per heavy atom. The third-order valence-corrected chi connectivity index (χ3v) is 2.18. The van der Waals surface area contributed by atoms with Crippen LogP contribution in [0.3, 0.4) is 0 Å². The molecule has 0 fully saturated rings. The highest BCUT2D eigenvalue weighted by molar-refractivity contribution is 5.18. The molecule has 0 aromatic rings. The normalized spacial score (nSPS) is 28.9. The van der Waals surface area contributed by atoms with E-state index < -0.39 is 0 Å². The van der Waals surface area contributed by atoms with E-state index in [1.165, 1.54) is 0 Å². The molecule has 1 N–H and O–H groups in total. The zero-order valence-corrected chi connectivity index (χ0v) is 7.46. The van der Waals surface area contributed by atoms with Crippen molar-refractivity contribution in [3.63, 3.8) is 0 Å². The van der Waals surface area contributed by atoms with Crippen LogP contribution in [0.5, 0.6) is 0 Å². The fraction of sp³-hybridized carbons (Fsp3) is 0.273. The quantitative estimate of drug-likeness (QED) is 0.614. The fourth-order valence-electron chi connectivity index (χ4n) is 1.23. The summed E-state index contributed by atoms with van der Waals surface area (Å²) in [7, 11) is 0. The van der Waals surface area contributed by atoms with E-state index in [9.17, 15) is 0 Å². The van der Waals surface area contributed by atoms with Crippen LogP contribution in [0.25, 0.3) is 0 Å². The first-order chi connectivity index (χ1) is 5.75. The summed E-state index contributed by atoms with van der Waals surface area (Å²) in [4.78, 5) is 0. The van der Waals surface area contributed by atoms with Gasteiger partial charge in [0.1, 0.15) is 0 Å². The predicted octanol–water partition coefficient (Wildman–Crippen LogP) is 2.61. The Morgan fingerprint density at radius 3 is 3.00 bits per heavy atom. The molecule has 0 aromatic carbocycles. The molecule has 12 heavy (non-hydrogen) atoms. The lowest BCUT2D eigenvalue weighted by atomic mass is 9.89. The third kappa shape index (κ3) is 1.88. The maximum atomic E-state index is 3.93. The van der Waals surface area contributed by atoms with Gasteiger partial charge in [-0.15, -0.1) is 0 Å². The van der Waals surface area contributed by atoms with E-state index in [0.29, 0.717) is 11.8 Å². The minimum Gasteiger partial charge on any atom is -0.366 e. The molecule has 0 amide bonds. The van der Waals surface area contributed by atoms with Crippen molar-refractivity contribution in [3.05, 3.63) is 49.4 Å². The summed E-state index contributed by atoms with van der Waals surface area (Å²) in [6.45, 7) is 9.74. The zero-order valence-electron chi connectivity index (χ0n) is 7.46. The first kappa shape index (κ1) is 8.85. The molecule has 1 aliphatic heterocycles. The highest BCUT2D eigenvalue weighted by atomic mass is 14.9. The molecule has 1 nitrogen and oxygen atoms in total. The molecular weight excluding hydrogens is 146 g/mol. The second kappa shape index (κ2) is 3.96. The van der Waals surface area contributed by atoms with Crippen LogP contribution in [-0.2, 0) is 0 Å². The summed E-state index contributed by atoms with van der Waals surface area (Å²) in [5, 5.41) is 3.10. The smallest absolute Gasteiger partial charge is 0.0111 e. The average molecular weight is 161 g/mol. The van der Waals surface area contributed by atoms with Gasteiger partial charge >= 0.3 is 0 Å². The first-order valence-electron chi connectivity index (χ1n) is 4.17. The topological polar surface area (TPSA) is 12.0 Å². The SMILES string of the molecule is C=C/C=C\C1C=CNC(=C)C1C. The van der Waals surface area contributed by atoms with Gasteiger partial charge in [-0.3, -0.25) is 0 Å². The largest absolute Gasteiger partial charge is 0.366 e. The van der Waals surface area contributed by atoms with Gasteiger partial charge in [0.15, 0.2) is 0 Å². The lowest BCUT2D eigenvalue weighted by Gasteiger charge is -2.24. The summed E-state index contributed by atoms with van der Waals surface area (Å²) < 4.78 is 0. The fourth-order valence-corrected chi connectivity index (χ4v) is 1.23. The Labute approximate surface area is 74.2 Å². The van der Waals surface area contributed by atoms with Gasteiger partial charge in [0, 0.05) is 17.5 Å². The van der Waals surface area contributed by atoms with Crippen LogP contribution >= 0.6 is 0 Å². The summed E-state index contributed by atoms with van der Waals surface area (Å²) in [5.74, 6) is 0.919. The lowest BCUT2D eigenvalue weighted by molar-refractivity contribution is 0.533.